The number of nitrogens with one attached hydrogen (secondary N) is 1. The van der Waals surface area contributed by atoms with Crippen LogP contribution in [0.5, 0.6) is 0 Å². The number of hydrogen-bond acceptors (Lipinski definition) is 4. The van der Waals surface area contributed by atoms with Gasteiger partial charge in [0.25, 0.3) is 10.0 Å². The number of rotatable bonds is 10. The summed E-state index contributed by atoms with van der Waals surface area (Å²) in [4.78, 5) is 28.8. The van der Waals surface area contributed by atoms with Crippen molar-refractivity contribution in [3.8, 4) is 0 Å². The van der Waals surface area contributed by atoms with Crippen LogP contribution in [0.3, 0.4) is 0 Å². The van der Waals surface area contributed by atoms with Crippen LogP contribution in [0, 0.1) is 0 Å². The number of benzene rings is 3. The quantitative estimate of drug-likeness (QED) is 0.370. The average molecular weight is 556 g/mol. The van der Waals surface area contributed by atoms with Crippen molar-refractivity contribution in [3.05, 3.63) is 95.5 Å². The molecule has 0 heterocycles. The van der Waals surface area contributed by atoms with Gasteiger partial charge < -0.3 is 10.2 Å². The standard InChI is InChI=1S/C29H34ClN3O4S/c1-5-25(28(35)31-29(2,3)4)32(20-22-14-8-6-9-15-22)27(34)21-33(26-19-13-12-18-24(26)30)38(36,37)23-16-10-7-11-17-23/h6-19,25H,5,20-21H2,1-4H3,(H,31,35). The number of anilines is 1. The van der Waals surface area contributed by atoms with E-state index in [4.69, 9.17) is 11.6 Å². The molecule has 0 spiro atoms. The maximum atomic E-state index is 14.0. The lowest BCUT2D eigenvalue weighted by molar-refractivity contribution is -0.141. The van der Waals surface area contributed by atoms with E-state index in [2.05, 4.69) is 5.32 Å². The van der Waals surface area contributed by atoms with Crippen molar-refractivity contribution in [2.24, 2.45) is 0 Å². The molecule has 0 saturated carbocycles. The van der Waals surface area contributed by atoms with E-state index in [0.717, 1.165) is 9.87 Å². The van der Waals surface area contributed by atoms with Crippen LogP contribution >= 0.6 is 11.6 Å². The molecule has 2 amide bonds. The van der Waals surface area contributed by atoms with Gasteiger partial charge in [-0.15, -0.1) is 0 Å². The van der Waals surface area contributed by atoms with Crippen LogP contribution in [-0.2, 0) is 26.2 Å². The van der Waals surface area contributed by atoms with E-state index in [9.17, 15) is 18.0 Å². The van der Waals surface area contributed by atoms with E-state index < -0.39 is 34.1 Å². The van der Waals surface area contributed by atoms with Crippen molar-refractivity contribution >= 4 is 39.1 Å². The summed E-state index contributed by atoms with van der Waals surface area (Å²) >= 11 is 6.42. The van der Waals surface area contributed by atoms with Gasteiger partial charge in [0.2, 0.25) is 11.8 Å². The van der Waals surface area contributed by atoms with Gasteiger partial charge in [-0.25, -0.2) is 8.42 Å². The van der Waals surface area contributed by atoms with Gasteiger partial charge in [-0.2, -0.15) is 0 Å². The van der Waals surface area contributed by atoms with Crippen molar-refractivity contribution in [2.45, 2.75) is 57.1 Å². The van der Waals surface area contributed by atoms with E-state index in [1.165, 1.54) is 17.0 Å². The smallest absolute Gasteiger partial charge is 0.264 e. The highest BCUT2D eigenvalue weighted by molar-refractivity contribution is 7.92. The highest BCUT2D eigenvalue weighted by Gasteiger charge is 2.35. The predicted molar refractivity (Wildman–Crippen MR) is 151 cm³/mol. The number of para-hydroxylation sites is 1. The summed E-state index contributed by atoms with van der Waals surface area (Å²) in [6, 6.07) is 22.8. The van der Waals surface area contributed by atoms with Crippen LogP contribution in [0.2, 0.25) is 5.02 Å². The molecule has 0 aliphatic carbocycles. The molecule has 7 nitrogen and oxygen atoms in total. The molecule has 0 fully saturated rings. The fraction of sp³-hybridized carbons (Fsp3) is 0.310. The molecule has 0 aromatic heterocycles. The molecule has 0 bridgehead atoms. The Hall–Kier alpha value is -3.36. The molecule has 0 saturated heterocycles. The third kappa shape index (κ3) is 7.36. The van der Waals surface area contributed by atoms with Crippen molar-refractivity contribution < 1.29 is 18.0 Å². The zero-order chi connectivity index (χ0) is 27.9. The first-order chi connectivity index (χ1) is 17.9. The summed E-state index contributed by atoms with van der Waals surface area (Å²) in [5, 5.41) is 3.14. The van der Waals surface area contributed by atoms with Gasteiger partial charge in [0.05, 0.1) is 15.6 Å². The Balaban J connectivity index is 2.06. The van der Waals surface area contributed by atoms with Crippen molar-refractivity contribution in [1.82, 2.24) is 10.2 Å². The van der Waals surface area contributed by atoms with E-state index in [1.807, 2.05) is 58.0 Å². The Bertz CT molecular complexity index is 1340. The molecule has 0 radical (unpaired) electrons. The second kappa shape index (κ2) is 12.5. The predicted octanol–water partition coefficient (Wildman–Crippen LogP) is 5.26. The molecule has 202 valence electrons. The second-order valence-electron chi connectivity index (χ2n) is 9.95. The molecule has 3 aromatic rings. The highest BCUT2D eigenvalue weighted by atomic mass is 35.5. The molecule has 1 unspecified atom stereocenters. The molecule has 0 aliphatic heterocycles. The SMILES string of the molecule is CCC(C(=O)NC(C)(C)C)N(Cc1ccccc1)C(=O)CN(c1ccccc1Cl)S(=O)(=O)c1ccccc1. The van der Waals surface area contributed by atoms with Crippen molar-refractivity contribution in [1.29, 1.82) is 0 Å². The van der Waals surface area contributed by atoms with E-state index in [0.29, 0.717) is 6.42 Å². The summed E-state index contributed by atoms with van der Waals surface area (Å²) in [6.07, 6.45) is 0.345. The molecule has 3 aromatic carbocycles. The molecule has 1 atom stereocenters. The summed E-state index contributed by atoms with van der Waals surface area (Å²) in [7, 11) is -4.16. The third-order valence-electron chi connectivity index (χ3n) is 5.81. The zero-order valence-electron chi connectivity index (χ0n) is 22.1. The fourth-order valence-corrected chi connectivity index (χ4v) is 5.78. The largest absolute Gasteiger partial charge is 0.350 e. The molecule has 3 rings (SSSR count). The zero-order valence-corrected chi connectivity index (χ0v) is 23.7. The minimum Gasteiger partial charge on any atom is -0.350 e. The Morgan fingerprint density at radius 3 is 2.00 bits per heavy atom. The maximum Gasteiger partial charge on any atom is 0.264 e. The third-order valence-corrected chi connectivity index (χ3v) is 7.90. The Labute approximate surface area is 230 Å². The fourth-order valence-electron chi connectivity index (χ4n) is 4.04. The van der Waals surface area contributed by atoms with E-state index >= 15 is 0 Å². The van der Waals surface area contributed by atoms with Gasteiger partial charge in [0, 0.05) is 12.1 Å². The summed E-state index contributed by atoms with van der Waals surface area (Å²) < 4.78 is 28.6. The van der Waals surface area contributed by atoms with Crippen LogP contribution in [0.1, 0.15) is 39.7 Å². The lowest BCUT2D eigenvalue weighted by Crippen LogP contribution is -2.55. The second-order valence-corrected chi connectivity index (χ2v) is 12.2. The van der Waals surface area contributed by atoms with Crippen LogP contribution in [0.4, 0.5) is 5.69 Å². The van der Waals surface area contributed by atoms with Gasteiger partial charge in [-0.05, 0) is 57.0 Å². The van der Waals surface area contributed by atoms with Gasteiger partial charge in [-0.3, -0.25) is 13.9 Å². The van der Waals surface area contributed by atoms with E-state index in [-0.39, 0.29) is 28.1 Å². The number of hydrogen-bond donors (Lipinski definition) is 1. The molecular weight excluding hydrogens is 522 g/mol. The molecule has 38 heavy (non-hydrogen) atoms. The van der Waals surface area contributed by atoms with Crippen LogP contribution in [0.25, 0.3) is 0 Å². The maximum absolute atomic E-state index is 14.0. The topological polar surface area (TPSA) is 86.8 Å². The molecule has 9 heteroatoms. The number of carbonyl (C=O) groups is 2. The monoisotopic (exact) mass is 555 g/mol. The summed E-state index contributed by atoms with van der Waals surface area (Å²) in [5.41, 5.74) is 0.489. The van der Waals surface area contributed by atoms with Crippen LogP contribution < -0.4 is 9.62 Å². The van der Waals surface area contributed by atoms with E-state index in [1.54, 1.807) is 42.5 Å². The first kappa shape index (κ1) is 29.2. The first-order valence-electron chi connectivity index (χ1n) is 12.4. The first-order valence-corrected chi connectivity index (χ1v) is 14.2. The average Bonchev–Trinajstić information content (AvgIpc) is 2.87. The molecule has 1 N–H and O–H groups in total. The molecule has 0 aliphatic rings. The number of carbonyl (C=O) groups excluding carboxylic acids is 2. The van der Waals surface area contributed by atoms with Crippen LogP contribution in [-0.4, -0.2) is 43.3 Å². The minimum absolute atomic E-state index is 0.0276. The normalized spacial score (nSPS) is 12.4. The van der Waals surface area contributed by atoms with Gasteiger partial charge >= 0.3 is 0 Å². The van der Waals surface area contributed by atoms with Gasteiger partial charge in [0.1, 0.15) is 12.6 Å². The number of amides is 2. The summed E-state index contributed by atoms with van der Waals surface area (Å²) in [6.45, 7) is 7.03. The molecular formula is C29H34ClN3O4S. The van der Waals surface area contributed by atoms with Crippen molar-refractivity contribution in [2.75, 3.05) is 10.8 Å². The van der Waals surface area contributed by atoms with Crippen LogP contribution in [0.15, 0.2) is 89.8 Å². The van der Waals surface area contributed by atoms with Gasteiger partial charge in [0.15, 0.2) is 0 Å². The Kier molecular flexibility index (Phi) is 9.57. The summed E-state index contributed by atoms with van der Waals surface area (Å²) in [5.74, 6) is -0.830. The number of halogens is 1. The Morgan fingerprint density at radius 1 is 0.895 bits per heavy atom. The minimum atomic E-state index is -4.16. The number of sulfonamides is 1. The lowest BCUT2D eigenvalue weighted by atomic mass is 10.1. The van der Waals surface area contributed by atoms with Crippen molar-refractivity contribution in [3.63, 3.8) is 0 Å². The number of nitrogens with zero attached hydrogens (tertiary/aromatic N) is 2. The van der Waals surface area contributed by atoms with Gasteiger partial charge in [-0.1, -0.05) is 79.2 Å². The Morgan fingerprint density at radius 2 is 1.45 bits per heavy atom. The lowest BCUT2D eigenvalue weighted by Gasteiger charge is -2.35. The highest BCUT2D eigenvalue weighted by Crippen LogP contribution is 2.30.